The first-order chi connectivity index (χ1) is 29.5. The van der Waals surface area contributed by atoms with Gasteiger partial charge in [0.1, 0.15) is 0 Å². The second-order valence-electron chi connectivity index (χ2n) is 18.0. The lowest BCUT2D eigenvalue weighted by molar-refractivity contribution is 0.564. The van der Waals surface area contributed by atoms with Gasteiger partial charge in [0, 0.05) is 10.8 Å². The third-order valence-corrected chi connectivity index (χ3v) is 14.6. The topological polar surface area (TPSA) is 0 Å². The van der Waals surface area contributed by atoms with E-state index in [9.17, 15) is 0 Å². The molecule has 1 spiro atoms. The van der Waals surface area contributed by atoms with E-state index >= 15 is 0 Å². The molecule has 0 aliphatic heterocycles. The van der Waals surface area contributed by atoms with Gasteiger partial charge in [-0.3, -0.25) is 0 Å². The van der Waals surface area contributed by atoms with Crippen molar-refractivity contribution in [2.24, 2.45) is 0 Å². The Morgan fingerprint density at radius 3 is 1.70 bits per heavy atom. The van der Waals surface area contributed by atoms with Crippen LogP contribution in [0.4, 0.5) is 0 Å². The zero-order chi connectivity index (χ0) is 39.7. The molecule has 0 heteroatoms. The molecule has 0 nitrogen and oxygen atoms in total. The number of benzene rings is 10. The van der Waals surface area contributed by atoms with Gasteiger partial charge in [-0.05, 0) is 152 Å². The Morgan fingerprint density at radius 2 is 0.883 bits per heavy atom. The molecule has 0 aromatic heterocycles. The highest BCUT2D eigenvalue weighted by molar-refractivity contribution is 6.23. The molecule has 0 heterocycles. The summed E-state index contributed by atoms with van der Waals surface area (Å²) in [7, 11) is 0. The molecule has 0 saturated heterocycles. The molecule has 0 N–H and O–H groups in total. The Kier molecular flexibility index (Phi) is 6.93. The van der Waals surface area contributed by atoms with Crippen molar-refractivity contribution in [3.05, 3.63) is 228 Å². The molecular weight excluding hydrogens is 721 g/mol. The van der Waals surface area contributed by atoms with Crippen molar-refractivity contribution < 1.29 is 0 Å². The first-order valence-corrected chi connectivity index (χ1v) is 21.5. The Bertz CT molecular complexity index is 3440. The molecule has 0 saturated carbocycles. The van der Waals surface area contributed by atoms with Gasteiger partial charge in [0.2, 0.25) is 0 Å². The highest BCUT2D eigenvalue weighted by Gasteiger charge is 2.47. The van der Waals surface area contributed by atoms with Gasteiger partial charge in [-0.15, -0.1) is 0 Å². The summed E-state index contributed by atoms with van der Waals surface area (Å²) in [4.78, 5) is 0. The minimum absolute atomic E-state index is 0.0782. The number of fused-ring (bicyclic) bond motifs is 12. The predicted octanol–water partition coefficient (Wildman–Crippen LogP) is 15.5. The summed E-state index contributed by atoms with van der Waals surface area (Å²) in [5.41, 5.74) is 21.7. The zero-order valence-corrected chi connectivity index (χ0v) is 33.9. The summed E-state index contributed by atoms with van der Waals surface area (Å²) in [6.07, 6.45) is 2.06. The summed E-state index contributed by atoms with van der Waals surface area (Å²) in [5, 5.41) is 7.68. The maximum Gasteiger partial charge on any atom is 0.0296 e. The third kappa shape index (κ3) is 4.57. The van der Waals surface area contributed by atoms with E-state index in [0.717, 1.165) is 12.8 Å². The van der Waals surface area contributed by atoms with Crippen LogP contribution in [0.1, 0.15) is 47.2 Å². The maximum absolute atomic E-state index is 2.58. The van der Waals surface area contributed by atoms with Crippen molar-refractivity contribution in [3.63, 3.8) is 0 Å². The van der Waals surface area contributed by atoms with Crippen LogP contribution in [0, 0.1) is 0 Å². The van der Waals surface area contributed by atoms with Gasteiger partial charge in [-0.2, -0.15) is 0 Å². The van der Waals surface area contributed by atoms with Crippen LogP contribution < -0.4 is 0 Å². The van der Waals surface area contributed by atoms with E-state index in [0.29, 0.717) is 0 Å². The lowest BCUT2D eigenvalue weighted by atomic mass is 9.74. The lowest BCUT2D eigenvalue weighted by Crippen LogP contribution is -2.25. The first kappa shape index (κ1) is 33.9. The molecule has 10 aromatic carbocycles. The Hall–Kier alpha value is -7.02. The molecule has 0 bridgehead atoms. The quantitative estimate of drug-likeness (QED) is 0.157. The zero-order valence-electron chi connectivity index (χ0n) is 33.9. The average Bonchev–Trinajstić information content (AvgIpc) is 3.90. The van der Waals surface area contributed by atoms with Crippen LogP contribution in [0.15, 0.2) is 194 Å². The fourth-order valence-electron chi connectivity index (χ4n) is 11.9. The van der Waals surface area contributed by atoms with E-state index in [-0.39, 0.29) is 10.8 Å². The summed E-state index contributed by atoms with van der Waals surface area (Å²) in [6.45, 7) is 4.78. The normalized spacial score (nSPS) is 15.0. The van der Waals surface area contributed by atoms with Gasteiger partial charge < -0.3 is 0 Å². The number of hydrogen-bond acceptors (Lipinski definition) is 0. The van der Waals surface area contributed by atoms with E-state index in [1.54, 1.807) is 0 Å². The van der Waals surface area contributed by atoms with Gasteiger partial charge in [0.05, 0.1) is 0 Å². The van der Waals surface area contributed by atoms with Gasteiger partial charge in [0.25, 0.3) is 0 Å². The Balaban J connectivity index is 1.11. The molecule has 0 amide bonds. The van der Waals surface area contributed by atoms with Crippen LogP contribution >= 0.6 is 0 Å². The molecular formula is C60H42. The van der Waals surface area contributed by atoms with Crippen molar-refractivity contribution >= 4 is 32.3 Å². The number of rotatable bonds is 3. The van der Waals surface area contributed by atoms with Crippen molar-refractivity contribution in [3.8, 4) is 55.6 Å². The fourth-order valence-corrected chi connectivity index (χ4v) is 11.9. The summed E-state index contributed by atoms with van der Waals surface area (Å²) >= 11 is 0. The standard InChI is InChI=1S/C60H42/c1-59(2)52-23-11-10-21-49(52)58-50(22-13-25-54(58)59)57-47-20-8-7-19-46(47)56(48-31-28-40(33-51(48)57)39-27-26-37-14-3-4-15-38(37)32-39)41-29-30-45-44-18-9-12-24-53(44)60(55(45)34-41)35-42-16-5-6-17-43(42)36-60/h3-34H,35-36H2,1-2H3. The molecule has 60 heavy (non-hydrogen) atoms. The summed E-state index contributed by atoms with van der Waals surface area (Å²) in [6, 6.07) is 74.0. The first-order valence-electron chi connectivity index (χ1n) is 21.5. The minimum Gasteiger partial charge on any atom is -0.0620 e. The van der Waals surface area contributed by atoms with Gasteiger partial charge in [0.15, 0.2) is 0 Å². The SMILES string of the molecule is CC1(C)c2ccccc2-c2c(-c3c4ccccc4c(-c4ccc5c(c4)C4(Cc6ccccc6C4)c4ccccc4-5)c4ccc(-c5ccc6ccccc6c5)cc34)cccc21. The highest BCUT2D eigenvalue weighted by atomic mass is 14.5. The van der Waals surface area contributed by atoms with E-state index in [2.05, 4.69) is 208 Å². The van der Waals surface area contributed by atoms with Crippen LogP contribution in [0.3, 0.4) is 0 Å². The molecule has 13 rings (SSSR count). The van der Waals surface area contributed by atoms with Crippen LogP contribution in [0.2, 0.25) is 0 Å². The molecule has 0 unspecified atom stereocenters. The van der Waals surface area contributed by atoms with Gasteiger partial charge in [-0.1, -0.05) is 190 Å². The second kappa shape index (κ2) is 12.3. The van der Waals surface area contributed by atoms with Crippen LogP contribution in [0.5, 0.6) is 0 Å². The van der Waals surface area contributed by atoms with E-state index in [1.807, 2.05) is 0 Å². The second-order valence-corrected chi connectivity index (χ2v) is 18.0. The molecule has 0 atom stereocenters. The van der Waals surface area contributed by atoms with E-state index < -0.39 is 0 Å². The lowest BCUT2D eigenvalue weighted by Gasteiger charge is -2.27. The molecule has 0 radical (unpaired) electrons. The Labute approximate surface area is 351 Å². The molecule has 0 fully saturated rings. The molecule has 10 aromatic rings. The molecule has 282 valence electrons. The molecule has 3 aliphatic rings. The van der Waals surface area contributed by atoms with Crippen LogP contribution in [-0.2, 0) is 23.7 Å². The van der Waals surface area contributed by atoms with Crippen LogP contribution in [0.25, 0.3) is 88.0 Å². The van der Waals surface area contributed by atoms with Gasteiger partial charge in [-0.25, -0.2) is 0 Å². The van der Waals surface area contributed by atoms with Crippen molar-refractivity contribution in [2.45, 2.75) is 37.5 Å². The van der Waals surface area contributed by atoms with Crippen molar-refractivity contribution in [2.75, 3.05) is 0 Å². The maximum atomic E-state index is 2.58. The highest BCUT2D eigenvalue weighted by Crippen LogP contribution is 2.58. The monoisotopic (exact) mass is 762 g/mol. The van der Waals surface area contributed by atoms with E-state index in [1.165, 1.54) is 121 Å². The average molecular weight is 763 g/mol. The number of hydrogen-bond donors (Lipinski definition) is 0. The summed E-state index contributed by atoms with van der Waals surface area (Å²) < 4.78 is 0. The summed E-state index contributed by atoms with van der Waals surface area (Å²) in [5.74, 6) is 0. The molecule has 3 aliphatic carbocycles. The Morgan fingerprint density at radius 1 is 0.317 bits per heavy atom. The van der Waals surface area contributed by atoms with Gasteiger partial charge >= 0.3 is 0 Å². The van der Waals surface area contributed by atoms with Crippen molar-refractivity contribution in [1.29, 1.82) is 0 Å². The van der Waals surface area contributed by atoms with E-state index in [4.69, 9.17) is 0 Å². The van der Waals surface area contributed by atoms with Crippen molar-refractivity contribution in [1.82, 2.24) is 0 Å². The smallest absolute Gasteiger partial charge is 0.0296 e. The minimum atomic E-state index is -0.0956. The third-order valence-electron chi connectivity index (χ3n) is 14.6. The van der Waals surface area contributed by atoms with Crippen LogP contribution in [-0.4, -0.2) is 0 Å². The fraction of sp³-hybridized carbons (Fsp3) is 0.100. The predicted molar refractivity (Wildman–Crippen MR) is 253 cm³/mol. The largest absolute Gasteiger partial charge is 0.0620 e.